The van der Waals surface area contributed by atoms with Crippen LogP contribution < -0.4 is 0 Å². The molecule has 0 heterocycles. The largest absolute Gasteiger partial charge is 0.465 e. The van der Waals surface area contributed by atoms with Gasteiger partial charge in [-0.1, -0.05) is 0 Å². The van der Waals surface area contributed by atoms with Gasteiger partial charge >= 0.3 is 5.97 Å². The highest BCUT2D eigenvalue weighted by Gasteiger charge is 2.10. The van der Waals surface area contributed by atoms with Gasteiger partial charge in [0.2, 0.25) is 0 Å². The summed E-state index contributed by atoms with van der Waals surface area (Å²) in [5.74, 6) is -0.120. The Morgan fingerprint density at radius 2 is 2.33 bits per heavy atom. The number of carbonyl (C=O) groups is 1. The molecule has 3 heteroatoms. The van der Waals surface area contributed by atoms with Crippen molar-refractivity contribution in [2.24, 2.45) is 0 Å². The molecule has 0 bridgehead atoms. The van der Waals surface area contributed by atoms with Crippen LogP contribution in [0.3, 0.4) is 0 Å². The number of ether oxygens (including phenoxy) is 1. The summed E-state index contributed by atoms with van der Waals surface area (Å²) in [6, 6.07) is 0. The SMILES string of the molecule is CCOC(=O)[C@H](C)SC. The van der Waals surface area contributed by atoms with E-state index in [9.17, 15) is 4.79 Å². The first-order chi connectivity index (χ1) is 4.22. The fraction of sp³-hybridized carbons (Fsp3) is 0.833. The molecule has 0 aromatic rings. The van der Waals surface area contributed by atoms with E-state index in [1.54, 1.807) is 0 Å². The van der Waals surface area contributed by atoms with Gasteiger partial charge in [0.25, 0.3) is 0 Å². The molecule has 9 heavy (non-hydrogen) atoms. The maximum atomic E-state index is 10.7. The molecular weight excluding hydrogens is 136 g/mol. The summed E-state index contributed by atoms with van der Waals surface area (Å²) in [5, 5.41) is -0.0232. The fourth-order valence-corrected chi connectivity index (χ4v) is 0.616. The van der Waals surface area contributed by atoms with Gasteiger partial charge in [-0.2, -0.15) is 11.8 Å². The van der Waals surface area contributed by atoms with E-state index < -0.39 is 0 Å². The molecule has 54 valence electrons. The van der Waals surface area contributed by atoms with Gasteiger partial charge in [-0.3, -0.25) is 4.79 Å². The lowest BCUT2D eigenvalue weighted by atomic mass is 10.5. The van der Waals surface area contributed by atoms with Crippen molar-refractivity contribution in [2.75, 3.05) is 12.9 Å². The van der Waals surface area contributed by atoms with Gasteiger partial charge in [0.05, 0.1) is 11.9 Å². The molecule has 0 unspecified atom stereocenters. The van der Waals surface area contributed by atoms with Crippen molar-refractivity contribution in [1.29, 1.82) is 0 Å². The second-order valence-corrected chi connectivity index (χ2v) is 2.81. The Morgan fingerprint density at radius 1 is 1.78 bits per heavy atom. The summed E-state index contributed by atoms with van der Waals surface area (Å²) in [7, 11) is 0. The van der Waals surface area contributed by atoms with E-state index in [1.165, 1.54) is 11.8 Å². The topological polar surface area (TPSA) is 26.3 Å². The van der Waals surface area contributed by atoms with E-state index in [4.69, 9.17) is 4.74 Å². The van der Waals surface area contributed by atoms with Crippen LogP contribution in [0.15, 0.2) is 0 Å². The van der Waals surface area contributed by atoms with Crippen molar-refractivity contribution in [3.05, 3.63) is 0 Å². The lowest BCUT2D eigenvalue weighted by Gasteiger charge is -2.05. The van der Waals surface area contributed by atoms with E-state index in [2.05, 4.69) is 0 Å². The molecule has 0 aliphatic carbocycles. The van der Waals surface area contributed by atoms with E-state index in [0.29, 0.717) is 6.61 Å². The van der Waals surface area contributed by atoms with Crippen molar-refractivity contribution in [2.45, 2.75) is 19.1 Å². The molecule has 0 aromatic carbocycles. The summed E-state index contributed by atoms with van der Waals surface area (Å²) >= 11 is 1.50. The molecule has 1 atom stereocenters. The van der Waals surface area contributed by atoms with Crippen LogP contribution in [0.2, 0.25) is 0 Å². The summed E-state index contributed by atoms with van der Waals surface area (Å²) in [4.78, 5) is 10.7. The highest BCUT2D eigenvalue weighted by Crippen LogP contribution is 2.05. The van der Waals surface area contributed by atoms with Crippen molar-refractivity contribution >= 4 is 17.7 Å². The Bertz CT molecular complexity index is 93.1. The average molecular weight is 148 g/mol. The molecular formula is C6H12O2S. The van der Waals surface area contributed by atoms with Crippen LogP contribution in [0.4, 0.5) is 0 Å². The van der Waals surface area contributed by atoms with E-state index in [-0.39, 0.29) is 11.2 Å². The lowest BCUT2D eigenvalue weighted by Crippen LogP contribution is -2.15. The van der Waals surface area contributed by atoms with Crippen LogP contribution in [0.5, 0.6) is 0 Å². The van der Waals surface area contributed by atoms with Crippen LogP contribution in [-0.4, -0.2) is 24.1 Å². The molecule has 0 spiro atoms. The zero-order valence-corrected chi connectivity index (χ0v) is 6.83. The quantitative estimate of drug-likeness (QED) is 0.564. The molecule has 2 nitrogen and oxygen atoms in total. The van der Waals surface area contributed by atoms with Gasteiger partial charge in [0, 0.05) is 0 Å². The van der Waals surface area contributed by atoms with Crippen LogP contribution in [0.25, 0.3) is 0 Å². The molecule has 0 saturated carbocycles. The van der Waals surface area contributed by atoms with Crippen molar-refractivity contribution in [3.63, 3.8) is 0 Å². The van der Waals surface area contributed by atoms with E-state index >= 15 is 0 Å². The van der Waals surface area contributed by atoms with Crippen molar-refractivity contribution in [1.82, 2.24) is 0 Å². The minimum absolute atomic E-state index is 0.0232. The molecule has 0 radical (unpaired) electrons. The Balaban J connectivity index is 3.46. The molecule has 0 saturated heterocycles. The van der Waals surface area contributed by atoms with Crippen LogP contribution in [0, 0.1) is 0 Å². The first-order valence-electron chi connectivity index (χ1n) is 2.91. The summed E-state index contributed by atoms with van der Waals surface area (Å²) < 4.78 is 4.73. The molecule has 0 aromatic heterocycles. The Morgan fingerprint density at radius 3 is 2.67 bits per heavy atom. The Hall–Kier alpha value is -0.180. The van der Waals surface area contributed by atoms with Crippen LogP contribution in [0.1, 0.15) is 13.8 Å². The third-order valence-electron chi connectivity index (χ3n) is 0.972. The smallest absolute Gasteiger partial charge is 0.318 e. The van der Waals surface area contributed by atoms with Gasteiger partial charge in [0.1, 0.15) is 0 Å². The molecule has 0 rings (SSSR count). The van der Waals surface area contributed by atoms with Gasteiger partial charge in [0.15, 0.2) is 0 Å². The van der Waals surface area contributed by atoms with Gasteiger partial charge in [-0.15, -0.1) is 0 Å². The standard InChI is InChI=1S/C6H12O2S/c1-4-8-6(7)5(2)9-3/h5H,4H2,1-3H3/t5-/m0/s1. The minimum Gasteiger partial charge on any atom is -0.465 e. The molecule has 0 fully saturated rings. The zero-order chi connectivity index (χ0) is 7.28. The lowest BCUT2D eigenvalue weighted by molar-refractivity contribution is -0.142. The summed E-state index contributed by atoms with van der Waals surface area (Å²) in [5.41, 5.74) is 0. The third-order valence-corrected chi connectivity index (χ3v) is 1.87. The Labute approximate surface area is 60.0 Å². The monoisotopic (exact) mass is 148 g/mol. The highest BCUT2D eigenvalue weighted by atomic mass is 32.2. The maximum Gasteiger partial charge on any atom is 0.318 e. The zero-order valence-electron chi connectivity index (χ0n) is 6.01. The number of carbonyl (C=O) groups excluding carboxylic acids is 1. The molecule has 0 N–H and O–H groups in total. The van der Waals surface area contributed by atoms with Gasteiger partial charge in [-0.05, 0) is 20.1 Å². The molecule has 0 aliphatic rings. The van der Waals surface area contributed by atoms with Gasteiger partial charge < -0.3 is 4.74 Å². The number of esters is 1. The second kappa shape index (κ2) is 4.68. The third kappa shape index (κ3) is 3.40. The van der Waals surface area contributed by atoms with Crippen LogP contribution in [-0.2, 0) is 9.53 Å². The first kappa shape index (κ1) is 8.82. The van der Waals surface area contributed by atoms with Crippen molar-refractivity contribution in [3.8, 4) is 0 Å². The Kier molecular flexibility index (Phi) is 4.58. The maximum absolute atomic E-state index is 10.7. The minimum atomic E-state index is -0.120. The number of hydrogen-bond donors (Lipinski definition) is 0. The van der Waals surface area contributed by atoms with Crippen molar-refractivity contribution < 1.29 is 9.53 Å². The number of thioether (sulfide) groups is 1. The van der Waals surface area contributed by atoms with E-state index in [1.807, 2.05) is 20.1 Å². The van der Waals surface area contributed by atoms with Crippen LogP contribution >= 0.6 is 11.8 Å². The van der Waals surface area contributed by atoms with Gasteiger partial charge in [-0.25, -0.2) is 0 Å². The highest BCUT2D eigenvalue weighted by molar-refractivity contribution is 7.99. The number of rotatable bonds is 3. The first-order valence-corrected chi connectivity index (χ1v) is 4.20. The molecule has 0 aliphatic heterocycles. The summed E-state index contributed by atoms with van der Waals surface area (Å²) in [6.45, 7) is 4.12. The fourth-order valence-electron chi connectivity index (χ4n) is 0.356. The van der Waals surface area contributed by atoms with E-state index in [0.717, 1.165) is 0 Å². The molecule has 0 amide bonds. The normalized spacial score (nSPS) is 12.8. The summed E-state index contributed by atoms with van der Waals surface area (Å²) in [6.07, 6.45) is 1.89. The predicted octanol–water partition coefficient (Wildman–Crippen LogP) is 1.30. The average Bonchev–Trinajstić information content (AvgIpc) is 1.87. The second-order valence-electron chi connectivity index (χ2n) is 1.63. The number of hydrogen-bond acceptors (Lipinski definition) is 3. The predicted molar refractivity (Wildman–Crippen MR) is 39.6 cm³/mol.